The predicted octanol–water partition coefficient (Wildman–Crippen LogP) is 3.58. The Morgan fingerprint density at radius 2 is 1.93 bits per heavy atom. The van der Waals surface area contributed by atoms with E-state index >= 15 is 0 Å². The zero-order valence-corrected chi connectivity index (χ0v) is 18.0. The molecule has 2 aromatic carbocycles. The Labute approximate surface area is 182 Å². The maximum atomic E-state index is 12.2. The van der Waals surface area contributed by atoms with Crippen LogP contribution in [0.1, 0.15) is 21.8 Å². The van der Waals surface area contributed by atoms with Crippen molar-refractivity contribution >= 4 is 29.0 Å². The minimum atomic E-state index is -0.0317. The molecule has 30 heavy (non-hydrogen) atoms. The van der Waals surface area contributed by atoms with Crippen LogP contribution < -0.4 is 5.32 Å². The van der Waals surface area contributed by atoms with Crippen molar-refractivity contribution in [3.05, 3.63) is 81.8 Å². The molecule has 0 unspecified atom stereocenters. The monoisotopic (exact) mass is 436 g/mol. The fourth-order valence-electron chi connectivity index (χ4n) is 2.75. The summed E-state index contributed by atoms with van der Waals surface area (Å²) in [6.07, 6.45) is 0.281. The maximum absolute atomic E-state index is 12.2. The largest absolute Gasteiger partial charge is 0.352 e. The number of aryl methyl sites for hydroxylation is 1. The molecule has 0 fully saturated rings. The highest BCUT2D eigenvalue weighted by atomic mass is 32.2. The van der Waals surface area contributed by atoms with Gasteiger partial charge in [0.1, 0.15) is 5.01 Å². The first-order chi connectivity index (χ1) is 14.7. The molecule has 0 aliphatic heterocycles. The SMILES string of the molecule is Cc1ccc(-n2nnnc2SCc2csc(CC(=O)NCc3ccccc3)n2)cc1. The van der Waals surface area contributed by atoms with Crippen molar-refractivity contribution in [2.45, 2.75) is 30.8 Å². The summed E-state index contributed by atoms with van der Waals surface area (Å²) >= 11 is 3.01. The molecule has 0 radical (unpaired) electrons. The highest BCUT2D eigenvalue weighted by Crippen LogP contribution is 2.23. The second-order valence-electron chi connectivity index (χ2n) is 6.67. The Balaban J connectivity index is 1.30. The van der Waals surface area contributed by atoms with E-state index in [2.05, 4.69) is 25.8 Å². The number of rotatable bonds is 8. The van der Waals surface area contributed by atoms with Crippen molar-refractivity contribution in [3.8, 4) is 5.69 Å². The minimum Gasteiger partial charge on any atom is -0.352 e. The van der Waals surface area contributed by atoms with Crippen LogP contribution in [0.2, 0.25) is 0 Å². The van der Waals surface area contributed by atoms with E-state index in [-0.39, 0.29) is 12.3 Å². The lowest BCUT2D eigenvalue weighted by molar-refractivity contribution is -0.120. The Bertz CT molecular complexity index is 1110. The van der Waals surface area contributed by atoms with Gasteiger partial charge in [0, 0.05) is 17.7 Å². The zero-order chi connectivity index (χ0) is 20.8. The highest BCUT2D eigenvalue weighted by Gasteiger charge is 2.12. The van der Waals surface area contributed by atoms with Crippen LogP contribution in [-0.2, 0) is 23.5 Å². The Hall–Kier alpha value is -3.04. The van der Waals surface area contributed by atoms with Crippen molar-refractivity contribution in [1.29, 1.82) is 0 Å². The van der Waals surface area contributed by atoms with Crippen molar-refractivity contribution in [1.82, 2.24) is 30.5 Å². The second-order valence-corrected chi connectivity index (χ2v) is 8.55. The van der Waals surface area contributed by atoms with E-state index in [9.17, 15) is 4.79 Å². The lowest BCUT2D eigenvalue weighted by Gasteiger charge is -2.04. The Morgan fingerprint density at radius 3 is 2.73 bits per heavy atom. The molecular weight excluding hydrogens is 416 g/mol. The van der Waals surface area contributed by atoms with E-state index in [0.29, 0.717) is 17.5 Å². The van der Waals surface area contributed by atoms with Crippen LogP contribution in [0.15, 0.2) is 65.1 Å². The van der Waals surface area contributed by atoms with Crippen molar-refractivity contribution < 1.29 is 4.79 Å². The average Bonchev–Trinajstić information content (AvgIpc) is 3.41. The van der Waals surface area contributed by atoms with Gasteiger partial charge < -0.3 is 5.32 Å². The van der Waals surface area contributed by atoms with E-state index in [1.807, 2.05) is 66.9 Å². The molecule has 0 saturated carbocycles. The van der Waals surface area contributed by atoms with Crippen LogP contribution in [0.5, 0.6) is 0 Å². The predicted molar refractivity (Wildman–Crippen MR) is 118 cm³/mol. The van der Waals surface area contributed by atoms with Gasteiger partial charge in [-0.15, -0.1) is 16.4 Å². The number of thioether (sulfide) groups is 1. The minimum absolute atomic E-state index is 0.0317. The number of hydrogen-bond acceptors (Lipinski definition) is 7. The normalized spacial score (nSPS) is 10.8. The summed E-state index contributed by atoms with van der Waals surface area (Å²) in [4.78, 5) is 16.8. The third kappa shape index (κ3) is 5.31. The topological polar surface area (TPSA) is 85.6 Å². The number of nitrogens with zero attached hydrogens (tertiary/aromatic N) is 5. The molecule has 0 aliphatic rings. The smallest absolute Gasteiger partial charge is 0.227 e. The molecule has 7 nitrogen and oxygen atoms in total. The summed E-state index contributed by atoms with van der Waals surface area (Å²) in [5, 5.41) is 18.4. The van der Waals surface area contributed by atoms with Gasteiger partial charge in [0.05, 0.1) is 17.8 Å². The molecule has 1 N–H and O–H groups in total. The fourth-order valence-corrected chi connectivity index (χ4v) is 4.43. The lowest BCUT2D eigenvalue weighted by atomic mass is 10.2. The Morgan fingerprint density at radius 1 is 1.13 bits per heavy atom. The summed E-state index contributed by atoms with van der Waals surface area (Å²) in [5.74, 6) is 0.602. The van der Waals surface area contributed by atoms with Gasteiger partial charge in [-0.05, 0) is 35.0 Å². The third-order valence-corrected chi connectivity index (χ3v) is 6.16. The molecule has 4 aromatic rings. The molecule has 0 saturated heterocycles. The lowest BCUT2D eigenvalue weighted by Crippen LogP contribution is -2.24. The molecule has 152 valence electrons. The third-order valence-electron chi connectivity index (χ3n) is 4.31. The van der Waals surface area contributed by atoms with E-state index in [1.54, 1.807) is 4.68 Å². The van der Waals surface area contributed by atoms with Crippen LogP contribution in [0.4, 0.5) is 0 Å². The van der Waals surface area contributed by atoms with Crippen molar-refractivity contribution in [2.75, 3.05) is 0 Å². The van der Waals surface area contributed by atoms with Crippen LogP contribution in [-0.4, -0.2) is 31.1 Å². The summed E-state index contributed by atoms with van der Waals surface area (Å²) in [7, 11) is 0. The first-order valence-corrected chi connectivity index (χ1v) is 11.3. The molecule has 9 heteroatoms. The van der Waals surface area contributed by atoms with Gasteiger partial charge in [0.2, 0.25) is 11.1 Å². The number of carbonyl (C=O) groups is 1. The van der Waals surface area contributed by atoms with E-state index in [0.717, 1.165) is 22.0 Å². The summed E-state index contributed by atoms with van der Waals surface area (Å²) in [5.41, 5.74) is 4.09. The first-order valence-electron chi connectivity index (χ1n) is 9.39. The van der Waals surface area contributed by atoms with Crippen LogP contribution in [0, 0.1) is 6.92 Å². The van der Waals surface area contributed by atoms with Gasteiger partial charge in [0.25, 0.3) is 0 Å². The van der Waals surface area contributed by atoms with Gasteiger partial charge in [-0.2, -0.15) is 4.68 Å². The van der Waals surface area contributed by atoms with E-state index < -0.39 is 0 Å². The molecule has 2 heterocycles. The quantitative estimate of drug-likeness (QED) is 0.425. The molecule has 0 aliphatic carbocycles. The zero-order valence-electron chi connectivity index (χ0n) is 16.4. The van der Waals surface area contributed by atoms with Gasteiger partial charge in [-0.3, -0.25) is 4.79 Å². The number of tetrazole rings is 1. The number of nitrogens with one attached hydrogen (secondary N) is 1. The molecule has 1 amide bonds. The maximum Gasteiger partial charge on any atom is 0.227 e. The van der Waals surface area contributed by atoms with Crippen LogP contribution in [0.25, 0.3) is 5.69 Å². The van der Waals surface area contributed by atoms with Gasteiger partial charge >= 0.3 is 0 Å². The summed E-state index contributed by atoms with van der Waals surface area (Å²) < 4.78 is 1.72. The van der Waals surface area contributed by atoms with Crippen molar-refractivity contribution in [2.24, 2.45) is 0 Å². The summed E-state index contributed by atoms with van der Waals surface area (Å²) in [6, 6.07) is 17.9. The van der Waals surface area contributed by atoms with E-state index in [4.69, 9.17) is 0 Å². The van der Waals surface area contributed by atoms with Crippen LogP contribution in [0.3, 0.4) is 0 Å². The molecule has 0 spiro atoms. The number of benzene rings is 2. The molecule has 0 bridgehead atoms. The first kappa shape index (κ1) is 20.2. The molecule has 2 aromatic heterocycles. The Kier molecular flexibility index (Phi) is 6.50. The summed E-state index contributed by atoms with van der Waals surface area (Å²) in [6.45, 7) is 2.57. The molecule has 0 atom stereocenters. The fraction of sp³-hybridized carbons (Fsp3) is 0.190. The van der Waals surface area contributed by atoms with Crippen LogP contribution >= 0.6 is 23.1 Å². The molecule has 4 rings (SSSR count). The van der Waals surface area contributed by atoms with Gasteiger partial charge in [0.15, 0.2) is 0 Å². The van der Waals surface area contributed by atoms with Crippen molar-refractivity contribution in [3.63, 3.8) is 0 Å². The average molecular weight is 437 g/mol. The number of hydrogen-bond donors (Lipinski definition) is 1. The highest BCUT2D eigenvalue weighted by molar-refractivity contribution is 7.98. The second kappa shape index (κ2) is 9.64. The molecular formula is C21H20N6OS2. The van der Waals surface area contributed by atoms with Gasteiger partial charge in [-0.1, -0.05) is 59.8 Å². The standard InChI is InChI=1S/C21H20N6OS2/c1-15-7-9-18(10-8-15)27-21(24-25-26-27)30-14-17-13-29-20(23-17)11-19(28)22-12-16-5-3-2-4-6-16/h2-10,13H,11-12,14H2,1H3,(H,22,28). The van der Waals surface area contributed by atoms with E-state index in [1.165, 1.54) is 28.7 Å². The number of carbonyl (C=O) groups excluding carboxylic acids is 1. The number of amides is 1. The number of aromatic nitrogens is 5. The number of thiazole rings is 1. The van der Waals surface area contributed by atoms with Gasteiger partial charge in [-0.25, -0.2) is 4.98 Å².